The van der Waals surface area contributed by atoms with Crippen LogP contribution in [0.5, 0.6) is 0 Å². The zero-order valence-corrected chi connectivity index (χ0v) is 16.6. The lowest BCUT2D eigenvalue weighted by molar-refractivity contribution is -0.121. The largest absolute Gasteiger partial charge is 0.391 e. The molecule has 0 radical (unpaired) electrons. The molecule has 1 aromatic heterocycles. The number of rotatable bonds is 10. The highest BCUT2D eigenvalue weighted by Crippen LogP contribution is 2.09. The second-order valence-electron chi connectivity index (χ2n) is 5.90. The van der Waals surface area contributed by atoms with Crippen LogP contribution in [-0.4, -0.2) is 39.5 Å². The second-order valence-corrected chi connectivity index (χ2v) is 7.62. The summed E-state index contributed by atoms with van der Waals surface area (Å²) in [5.74, 6) is -0.988. The van der Waals surface area contributed by atoms with Gasteiger partial charge in [0, 0.05) is 6.20 Å². The highest BCUT2D eigenvalue weighted by atomic mass is 32.2. The lowest BCUT2D eigenvalue weighted by Gasteiger charge is -2.11. The lowest BCUT2D eigenvalue weighted by Crippen LogP contribution is -2.35. The van der Waals surface area contributed by atoms with Crippen molar-refractivity contribution in [2.24, 2.45) is 16.6 Å². The van der Waals surface area contributed by atoms with Crippen LogP contribution in [-0.2, 0) is 32.0 Å². The standard InChI is InChI=1S/C17H22N6O5S.CH4.FH/c18-17(19)21-28-10-8-20-15(24)11-23-9-4-7-14(16(23)25)22-29(26,27)12-13-5-2-1-3-6-13;;/h1-7,9,22H,8,10-12H2,(H,20,24)(H4,18,19,21);1H4;1H/i/hT. The Labute approximate surface area is 181 Å². The number of halogens is 1. The van der Waals surface area contributed by atoms with E-state index < -0.39 is 21.5 Å². The molecule has 6 N–H and O–H groups in total. The van der Waals surface area contributed by atoms with Crippen molar-refractivity contribution in [3.05, 3.63) is 64.6 Å². The number of carbonyl (C=O) groups is 1. The van der Waals surface area contributed by atoms with Crippen LogP contribution < -0.4 is 27.1 Å². The first-order chi connectivity index (χ1) is 14.8. The number of anilines is 1. The van der Waals surface area contributed by atoms with Gasteiger partial charge in [-0.05, 0) is 22.9 Å². The molecule has 1 aromatic carbocycles. The van der Waals surface area contributed by atoms with Crippen LogP contribution in [0, 0.1) is 0 Å². The van der Waals surface area contributed by atoms with Gasteiger partial charge in [-0.1, -0.05) is 37.8 Å². The maximum Gasteiger partial charge on any atom is 0.275 e. The molecule has 11 nitrogen and oxygen atoms in total. The number of pyridine rings is 1. The van der Waals surface area contributed by atoms with E-state index in [1.807, 2.05) is 0 Å². The second kappa shape index (κ2) is 12.8. The molecule has 0 aliphatic rings. The van der Waals surface area contributed by atoms with Gasteiger partial charge in [0.25, 0.3) is 7.01 Å². The Kier molecular flexibility index (Phi) is 10.5. The predicted octanol–water partition coefficient (Wildman–Crippen LogP) is -0.1000. The molecule has 0 unspecified atom stereocenters. The van der Waals surface area contributed by atoms with E-state index in [9.17, 15) is 18.0 Å². The van der Waals surface area contributed by atoms with Crippen LogP contribution >= 0.6 is 0 Å². The van der Waals surface area contributed by atoms with Crippen molar-refractivity contribution in [3.8, 4) is 0 Å². The Morgan fingerprint density at radius 1 is 1.19 bits per heavy atom. The molecule has 2 aromatic rings. The molecule has 0 saturated carbocycles. The van der Waals surface area contributed by atoms with Crippen LogP contribution in [0.4, 0.5) is 10.4 Å². The monoisotopic (exact) mass is 460 g/mol. The Bertz CT molecular complexity index is 1030. The van der Waals surface area contributed by atoms with Crippen LogP contribution in [0.1, 0.15) is 13.0 Å². The van der Waals surface area contributed by atoms with Crippen LogP contribution in [0.15, 0.2) is 58.6 Å². The van der Waals surface area contributed by atoms with E-state index in [0.29, 0.717) is 5.56 Å². The molecule has 0 fully saturated rings. The Morgan fingerprint density at radius 3 is 2.52 bits per heavy atom. The minimum atomic E-state index is -3.80. The van der Waals surface area contributed by atoms with E-state index in [1.54, 1.807) is 30.3 Å². The molecule has 172 valence electrons. The summed E-state index contributed by atoms with van der Waals surface area (Å²) in [7, 11) is -3.80. The van der Waals surface area contributed by atoms with Crippen LogP contribution in [0.25, 0.3) is 0 Å². The first-order valence-electron chi connectivity index (χ1n) is 8.86. The molecule has 1 heterocycles. The number of benzene rings is 1. The Morgan fingerprint density at radius 2 is 1.87 bits per heavy atom. The van der Waals surface area contributed by atoms with Gasteiger partial charge in [0.2, 0.25) is 21.9 Å². The first kappa shape index (κ1) is 25.4. The van der Waals surface area contributed by atoms with Gasteiger partial charge in [-0.15, -0.1) is 0 Å². The third-order valence-corrected chi connectivity index (χ3v) is 4.73. The summed E-state index contributed by atoms with van der Waals surface area (Å²) in [6.45, 7) is -0.138. The number of guanidine groups is 1. The van der Waals surface area contributed by atoms with Crippen LogP contribution in [0.3, 0.4) is 0 Å². The van der Waals surface area contributed by atoms with E-state index in [2.05, 4.69) is 16.6 Å². The average molecular weight is 461 g/mol. The predicted molar refractivity (Wildman–Crippen MR) is 117 cm³/mol. The van der Waals surface area contributed by atoms with E-state index in [4.69, 9.17) is 21.0 Å². The molecule has 31 heavy (non-hydrogen) atoms. The summed E-state index contributed by atoms with van der Waals surface area (Å²) in [6.07, 6.45) is 1.38. The van der Waals surface area contributed by atoms with E-state index in [-0.39, 0.29) is 44.5 Å². The molecule has 0 bridgehead atoms. The molecular weight excluding hydrogens is 431 g/mol. The molecule has 2 rings (SSSR count). The third-order valence-electron chi connectivity index (χ3n) is 3.48. The van der Waals surface area contributed by atoms with Gasteiger partial charge < -0.3 is 26.2 Å². The van der Waals surface area contributed by atoms with E-state index >= 15 is 0 Å². The quantitative estimate of drug-likeness (QED) is 0.166. The highest BCUT2D eigenvalue weighted by molar-refractivity contribution is 7.91. The van der Waals surface area contributed by atoms with Crippen molar-refractivity contribution in [3.63, 3.8) is 0 Å². The molecule has 0 atom stereocenters. The number of sulfonamides is 1. The number of nitrogens with one attached hydrogen (secondary N) is 2. The Balaban J connectivity index is 0.00000311. The minimum Gasteiger partial charge on any atom is -0.391 e. The summed E-state index contributed by atoms with van der Waals surface area (Å²) in [5.41, 5.74) is 9.96. The highest BCUT2D eigenvalue weighted by Gasteiger charge is 2.15. The summed E-state index contributed by atoms with van der Waals surface area (Å²) < 4.78 is 41.0. The first-order valence-corrected chi connectivity index (χ1v) is 10.1. The lowest BCUT2D eigenvalue weighted by atomic mass is 10.2. The molecule has 0 spiro atoms. The zero-order valence-electron chi connectivity index (χ0n) is 16.8. The summed E-state index contributed by atoms with van der Waals surface area (Å²) >= 11 is 0. The van der Waals surface area contributed by atoms with Gasteiger partial charge >= 0.3 is 0 Å². The number of oxime groups is 1. The SMILES string of the molecule is C.NC(N)=NOCCNC(=O)Cn1cccc(NS(=O)(=O)Cc2ccccc2)c1=O.[3H]F. The third kappa shape index (κ3) is 9.62. The maximum absolute atomic E-state index is 12.5. The number of amides is 1. The number of hydrogen-bond donors (Lipinski definition) is 4. The topological polar surface area (TPSA) is 171 Å². The molecule has 1 amide bonds. The summed E-state index contributed by atoms with van der Waals surface area (Å²) in [4.78, 5) is 29.1. The van der Waals surface area contributed by atoms with Gasteiger partial charge in [0.1, 0.15) is 18.8 Å². The van der Waals surface area contributed by atoms with Crippen molar-refractivity contribution >= 4 is 27.6 Å². The normalized spacial score (nSPS) is 10.3. The fourth-order valence-electron chi connectivity index (χ4n) is 2.30. The fourth-order valence-corrected chi connectivity index (χ4v) is 3.50. The van der Waals surface area contributed by atoms with Gasteiger partial charge in [-0.2, -0.15) is 0 Å². The van der Waals surface area contributed by atoms with Crippen molar-refractivity contribution < 1.29 is 22.8 Å². The number of nitrogens with zero attached hydrogens (tertiary/aromatic N) is 2. The smallest absolute Gasteiger partial charge is 0.275 e. The van der Waals surface area contributed by atoms with Crippen molar-refractivity contribution in [2.45, 2.75) is 19.7 Å². The van der Waals surface area contributed by atoms with Gasteiger partial charge in [-0.3, -0.25) is 19.0 Å². The molecule has 13 heteroatoms. The minimum absolute atomic E-state index is 0. The van der Waals surface area contributed by atoms with Crippen LogP contribution in [0.2, 0.25) is 0 Å². The summed E-state index contributed by atoms with van der Waals surface area (Å²) in [5, 5.41) is 5.81. The van der Waals surface area contributed by atoms with E-state index in [0.717, 1.165) is 4.57 Å². The number of hydrogen-bond acceptors (Lipinski definition) is 6. The molecular formula is C18H27FN6O5S. The number of nitrogens with two attached hydrogens (primary N) is 2. The number of aromatic nitrogens is 1. The van der Waals surface area contributed by atoms with Crippen molar-refractivity contribution in [2.75, 3.05) is 17.9 Å². The average Bonchev–Trinajstić information content (AvgIpc) is 2.72. The summed E-state index contributed by atoms with van der Waals surface area (Å²) in [6, 6.07) is 11.4. The van der Waals surface area contributed by atoms with Gasteiger partial charge in [0.05, 0.1) is 12.3 Å². The zero-order chi connectivity index (χ0) is 23.3. The molecule has 0 saturated heterocycles. The Hall–Kier alpha value is -3.61. The van der Waals surface area contributed by atoms with Gasteiger partial charge in [0.15, 0.2) is 0 Å². The molecule has 0 aliphatic heterocycles. The number of carbonyl (C=O) groups excluding carboxylic acids is 1. The van der Waals surface area contributed by atoms with Crippen molar-refractivity contribution in [1.29, 1.82) is 1.45 Å². The van der Waals surface area contributed by atoms with Crippen molar-refractivity contribution in [1.82, 2.24) is 9.88 Å². The van der Waals surface area contributed by atoms with E-state index in [1.165, 1.54) is 18.3 Å². The fraction of sp³-hybridized carbons (Fsp3) is 0.278. The molecule has 0 aliphatic carbocycles. The maximum atomic E-state index is 12.5. The van der Waals surface area contributed by atoms with Gasteiger partial charge in [-0.25, -0.2) is 8.42 Å².